The highest BCUT2D eigenvalue weighted by atomic mass is 16.7. The number of nitrogens with one attached hydrogen (secondary N) is 1. The number of phenols is 3. The predicted molar refractivity (Wildman–Crippen MR) is 240 cm³/mol. The minimum absolute atomic E-state index is 0.0432. The van der Waals surface area contributed by atoms with E-state index in [-0.39, 0.29) is 51.1 Å². The summed E-state index contributed by atoms with van der Waals surface area (Å²) in [4.78, 5) is 46.1. The molecule has 0 fully saturated rings. The second-order valence-corrected chi connectivity index (χ2v) is 17.2. The number of amides is 1. The largest absolute Gasteiger partial charge is 0.507 e. The van der Waals surface area contributed by atoms with E-state index >= 15 is 0 Å². The number of carbonyl (C=O) groups excluding carboxylic acids is 3. The van der Waals surface area contributed by atoms with Crippen LogP contribution in [0.5, 0.6) is 23.0 Å². The van der Waals surface area contributed by atoms with Crippen LogP contribution in [-0.4, -0.2) is 93.3 Å². The molecule has 0 aromatic heterocycles. The third-order valence-corrected chi connectivity index (χ3v) is 12.4. The summed E-state index contributed by atoms with van der Waals surface area (Å²) in [5, 5.41) is 64.5. The molecule has 15 nitrogen and oxygen atoms in total. The van der Waals surface area contributed by atoms with Gasteiger partial charge in [-0.1, -0.05) is 96.5 Å². The van der Waals surface area contributed by atoms with Crippen LogP contribution >= 0.6 is 0 Å². The standard InChI is InChI=1S/C48H68N2O13/c1-11-12-13-14-15-16-17-18-23-61-49-25-33-38-43(56)36-35(42(33)55)37-45(31(7)41(36)54)63-48(9,46(37)57)60-24-22-34(59-10)28(4)44(62-32(8)51)30(6)40(53)29(5)39(52)26(2)20-19-21-27(3)47(58)50-38/h19-22,24-26,28-30,34,39-40,44,52-56H,11-18,23H2,1-10H3,(H,50,58)/b20-19+,24-22+,27-21-,49-25-/t26-,28+,29+,30+,34-,39-,40+,44+,48-/m0/s1. The van der Waals surface area contributed by atoms with Gasteiger partial charge in [0.25, 0.3) is 11.7 Å². The van der Waals surface area contributed by atoms with Crippen LogP contribution in [0.3, 0.4) is 0 Å². The van der Waals surface area contributed by atoms with E-state index in [1.54, 1.807) is 39.8 Å². The molecule has 5 bridgehead atoms. The second-order valence-electron chi connectivity index (χ2n) is 17.2. The van der Waals surface area contributed by atoms with E-state index in [1.165, 1.54) is 78.9 Å². The number of benzene rings is 2. The lowest BCUT2D eigenvalue weighted by Gasteiger charge is -2.38. The molecule has 0 radical (unpaired) electrons. The first-order valence-corrected chi connectivity index (χ1v) is 22.1. The number of aliphatic hydroxyl groups excluding tert-OH is 2. The summed E-state index contributed by atoms with van der Waals surface area (Å²) >= 11 is 0. The number of ether oxygens (including phenoxy) is 4. The van der Waals surface area contributed by atoms with Gasteiger partial charge in [-0.15, -0.1) is 0 Å². The number of methoxy groups -OCH3 is 1. The zero-order chi connectivity index (χ0) is 46.8. The van der Waals surface area contributed by atoms with E-state index in [0.29, 0.717) is 0 Å². The zero-order valence-electron chi connectivity index (χ0n) is 38.4. The number of esters is 1. The topological polar surface area (TPSA) is 223 Å². The van der Waals surface area contributed by atoms with Crippen LogP contribution in [0.25, 0.3) is 10.8 Å². The number of carbonyl (C=O) groups is 3. The van der Waals surface area contributed by atoms with Gasteiger partial charge in [-0.3, -0.25) is 14.4 Å². The number of aliphatic hydroxyl groups is 2. The molecule has 3 aliphatic heterocycles. The summed E-state index contributed by atoms with van der Waals surface area (Å²) in [6.45, 7) is 14.9. The molecule has 1 amide bonds. The molecule has 0 saturated carbocycles. The Bertz CT molecular complexity index is 2080. The van der Waals surface area contributed by atoms with E-state index in [4.69, 9.17) is 23.8 Å². The fourth-order valence-corrected chi connectivity index (χ4v) is 8.32. The molecule has 3 aliphatic rings. The minimum Gasteiger partial charge on any atom is -0.507 e. The smallest absolute Gasteiger partial charge is 0.312 e. The van der Waals surface area contributed by atoms with E-state index < -0.39 is 88.8 Å². The molecule has 6 N–H and O–H groups in total. The normalized spacial score (nSPS) is 28.9. The Morgan fingerprint density at radius 1 is 0.889 bits per heavy atom. The molecule has 2 aromatic carbocycles. The van der Waals surface area contributed by atoms with Gasteiger partial charge >= 0.3 is 11.8 Å². The fourth-order valence-electron chi connectivity index (χ4n) is 8.32. The van der Waals surface area contributed by atoms with Crippen molar-refractivity contribution in [3.63, 3.8) is 0 Å². The first kappa shape index (κ1) is 50.5. The number of Topliss-reactive ketones (excluding diaryl/α,β-unsaturated/α-hetero) is 1. The third kappa shape index (κ3) is 11.5. The maximum atomic E-state index is 14.4. The molecule has 0 spiro atoms. The molecule has 0 aliphatic carbocycles. The van der Waals surface area contributed by atoms with Crippen molar-refractivity contribution in [2.45, 2.75) is 144 Å². The number of oxime groups is 1. The van der Waals surface area contributed by atoms with Crippen molar-refractivity contribution >= 4 is 40.3 Å². The number of phenolic OH excluding ortho intramolecular Hbond substituents is 3. The van der Waals surface area contributed by atoms with Crippen molar-refractivity contribution in [2.75, 3.05) is 19.0 Å². The monoisotopic (exact) mass is 880 g/mol. The molecular weight excluding hydrogens is 813 g/mol. The molecule has 348 valence electrons. The van der Waals surface area contributed by atoms with Crippen LogP contribution in [0.1, 0.15) is 128 Å². The first-order chi connectivity index (χ1) is 29.8. The van der Waals surface area contributed by atoms with Crippen molar-refractivity contribution in [1.82, 2.24) is 0 Å². The van der Waals surface area contributed by atoms with Gasteiger partial charge in [0, 0.05) is 61.2 Å². The Kier molecular flexibility index (Phi) is 18.0. The number of ketones is 1. The quantitative estimate of drug-likeness (QED) is 0.0279. The van der Waals surface area contributed by atoms with Gasteiger partial charge in [-0.25, -0.2) is 0 Å². The fraction of sp³-hybridized carbons (Fsp3) is 0.583. The SMILES string of the molecule is CCCCCCCCCCO/N=C\c1c2c(O)c3c(O)c(C)c4c(c3c1O)C(=O)[C@@](C)(O/C=C/[C@H](OC)[C@@H](C)[C@@H](OC(C)=O)[C@H](C)[C@H](O)[C@H](C)[C@@H](O)[C@@H](C)/C=C/C=C(/C)C(=O)N2)O4. The van der Waals surface area contributed by atoms with Crippen LogP contribution in [0.4, 0.5) is 5.69 Å². The zero-order valence-corrected chi connectivity index (χ0v) is 38.4. The average Bonchev–Trinajstić information content (AvgIpc) is 3.51. The minimum atomic E-state index is -2.06. The maximum absolute atomic E-state index is 14.4. The summed E-state index contributed by atoms with van der Waals surface area (Å²) in [6.07, 6.45) is 13.3. The van der Waals surface area contributed by atoms with Crippen LogP contribution < -0.4 is 10.1 Å². The molecule has 15 heteroatoms. The number of anilines is 1. The molecule has 0 saturated heterocycles. The van der Waals surface area contributed by atoms with Crippen molar-refractivity contribution in [3.8, 4) is 23.0 Å². The number of unbranched alkanes of at least 4 members (excludes halogenated alkanes) is 7. The molecule has 5 rings (SSSR count). The van der Waals surface area contributed by atoms with Crippen LogP contribution in [-0.2, 0) is 28.6 Å². The van der Waals surface area contributed by atoms with Crippen LogP contribution in [0, 0.1) is 30.6 Å². The number of hydrogen-bond acceptors (Lipinski definition) is 14. The van der Waals surface area contributed by atoms with Gasteiger partial charge in [-0.05, 0) is 32.8 Å². The van der Waals surface area contributed by atoms with Gasteiger partial charge in [0.2, 0.25) is 0 Å². The Balaban J connectivity index is 1.85. The molecule has 2 aromatic rings. The summed E-state index contributed by atoms with van der Waals surface area (Å²) in [5.74, 6) is -8.54. The van der Waals surface area contributed by atoms with Gasteiger partial charge in [0.05, 0.1) is 53.0 Å². The highest BCUT2D eigenvalue weighted by molar-refractivity contribution is 6.23. The Morgan fingerprint density at radius 3 is 2.17 bits per heavy atom. The van der Waals surface area contributed by atoms with Gasteiger partial charge in [0.1, 0.15) is 30.0 Å². The molecule has 3 heterocycles. The predicted octanol–water partition coefficient (Wildman–Crippen LogP) is 8.25. The number of allylic oxidation sites excluding steroid dienone is 2. The number of fused-ring (bicyclic) bond motifs is 14. The molecule has 9 atom stereocenters. The van der Waals surface area contributed by atoms with Gasteiger partial charge in [-0.2, -0.15) is 0 Å². The lowest BCUT2D eigenvalue weighted by Crippen LogP contribution is -2.46. The number of aromatic hydroxyl groups is 3. The highest BCUT2D eigenvalue weighted by Crippen LogP contribution is 2.55. The highest BCUT2D eigenvalue weighted by Gasteiger charge is 2.50. The summed E-state index contributed by atoms with van der Waals surface area (Å²) < 4.78 is 23.6. The van der Waals surface area contributed by atoms with E-state index in [1.807, 2.05) is 0 Å². The Morgan fingerprint density at radius 2 is 1.54 bits per heavy atom. The second kappa shape index (κ2) is 22.5. The van der Waals surface area contributed by atoms with Gasteiger partial charge in [0.15, 0.2) is 5.75 Å². The number of rotatable bonds is 13. The average molecular weight is 881 g/mol. The summed E-state index contributed by atoms with van der Waals surface area (Å²) in [6, 6.07) is 0. The van der Waals surface area contributed by atoms with Crippen molar-refractivity contribution in [2.24, 2.45) is 28.8 Å². The Hall–Kier alpha value is -5.12. The molecular formula is C48H68N2O13. The number of nitrogens with zero attached hydrogens (tertiary/aromatic N) is 1. The maximum Gasteiger partial charge on any atom is 0.312 e. The van der Waals surface area contributed by atoms with Crippen molar-refractivity contribution < 1.29 is 63.7 Å². The lowest BCUT2D eigenvalue weighted by atomic mass is 9.78. The van der Waals surface area contributed by atoms with Crippen molar-refractivity contribution in [1.29, 1.82) is 0 Å². The van der Waals surface area contributed by atoms with E-state index in [0.717, 1.165) is 31.9 Å². The summed E-state index contributed by atoms with van der Waals surface area (Å²) in [7, 11) is 1.43. The summed E-state index contributed by atoms with van der Waals surface area (Å²) in [5.41, 5.74) is -0.533. The molecule has 0 unspecified atom stereocenters. The van der Waals surface area contributed by atoms with Crippen LogP contribution in [0.2, 0.25) is 0 Å². The van der Waals surface area contributed by atoms with E-state index in [2.05, 4.69) is 17.4 Å². The molecule has 63 heavy (non-hydrogen) atoms. The van der Waals surface area contributed by atoms with E-state index in [9.17, 15) is 39.9 Å². The third-order valence-electron chi connectivity index (χ3n) is 12.4. The van der Waals surface area contributed by atoms with Crippen LogP contribution in [0.15, 0.2) is 41.3 Å². The lowest BCUT2D eigenvalue weighted by molar-refractivity contribution is -0.160. The first-order valence-electron chi connectivity index (χ1n) is 22.1. The van der Waals surface area contributed by atoms with Gasteiger partial charge < -0.3 is 54.6 Å². The Labute approximate surface area is 370 Å². The van der Waals surface area contributed by atoms with Crippen molar-refractivity contribution in [3.05, 3.63) is 52.8 Å². The number of hydrogen-bond donors (Lipinski definition) is 6.